The first kappa shape index (κ1) is 17.3. The van der Waals surface area contributed by atoms with Crippen LogP contribution in [0.25, 0.3) is 11.1 Å². The van der Waals surface area contributed by atoms with E-state index in [1.165, 1.54) is 23.3 Å². The Morgan fingerprint density at radius 1 is 1.20 bits per heavy atom. The molecule has 0 saturated carbocycles. The van der Waals surface area contributed by atoms with Gasteiger partial charge < -0.3 is 4.74 Å². The van der Waals surface area contributed by atoms with Crippen molar-refractivity contribution in [1.82, 2.24) is 0 Å². The SMILES string of the molecule is C#CN1C(=O)COC(C(F)(F)F)c2cc(Cl)ccc21.c1cc2cc-2c1. The largest absolute Gasteiger partial charge is 0.418 e. The van der Waals surface area contributed by atoms with Crippen molar-refractivity contribution in [3.8, 4) is 23.6 Å². The highest BCUT2D eigenvalue weighted by molar-refractivity contribution is 6.30. The first-order valence-electron chi connectivity index (χ1n) is 7.18. The molecule has 4 rings (SSSR count). The molecule has 0 aromatic heterocycles. The minimum atomic E-state index is -4.66. The van der Waals surface area contributed by atoms with E-state index >= 15 is 0 Å². The van der Waals surface area contributed by atoms with Crippen molar-refractivity contribution in [2.75, 3.05) is 11.5 Å². The Balaban J connectivity index is 0.000000250. The average Bonchev–Trinajstić information content (AvgIpc) is 3.18. The summed E-state index contributed by atoms with van der Waals surface area (Å²) in [6.07, 6.45) is -1.74. The highest BCUT2D eigenvalue weighted by atomic mass is 35.5. The van der Waals surface area contributed by atoms with Crippen molar-refractivity contribution >= 4 is 23.2 Å². The molecule has 2 aliphatic carbocycles. The number of hydrogen-bond acceptors (Lipinski definition) is 2. The van der Waals surface area contributed by atoms with Crippen molar-refractivity contribution < 1.29 is 22.7 Å². The van der Waals surface area contributed by atoms with Gasteiger partial charge in [0.2, 0.25) is 0 Å². The van der Waals surface area contributed by atoms with Gasteiger partial charge in [-0.15, -0.1) is 0 Å². The van der Waals surface area contributed by atoms with Crippen molar-refractivity contribution in [2.24, 2.45) is 0 Å². The lowest BCUT2D eigenvalue weighted by atomic mass is 10.1. The molecule has 0 fully saturated rings. The van der Waals surface area contributed by atoms with Crippen molar-refractivity contribution in [3.63, 3.8) is 0 Å². The van der Waals surface area contributed by atoms with Crippen LogP contribution in [-0.4, -0.2) is 18.7 Å². The van der Waals surface area contributed by atoms with E-state index in [0.717, 1.165) is 11.0 Å². The van der Waals surface area contributed by atoms with Crippen LogP contribution >= 0.6 is 11.6 Å². The number of anilines is 1. The van der Waals surface area contributed by atoms with Crippen molar-refractivity contribution in [2.45, 2.75) is 12.3 Å². The zero-order chi connectivity index (χ0) is 18.2. The summed E-state index contributed by atoms with van der Waals surface area (Å²) in [5, 5.41) is 0.0999. The molecule has 3 aliphatic rings. The Hall–Kier alpha value is -2.49. The number of halogens is 4. The molecule has 1 heterocycles. The van der Waals surface area contributed by atoms with Gasteiger partial charge in [-0.05, 0) is 35.4 Å². The van der Waals surface area contributed by atoms with Crippen LogP contribution in [0.3, 0.4) is 0 Å². The van der Waals surface area contributed by atoms with Gasteiger partial charge in [0.15, 0.2) is 6.10 Å². The monoisotopic (exact) mass is 365 g/mol. The molecule has 7 heteroatoms. The number of alkyl halides is 3. The lowest BCUT2D eigenvalue weighted by Crippen LogP contribution is -2.28. The zero-order valence-electron chi connectivity index (χ0n) is 12.7. The lowest BCUT2D eigenvalue weighted by molar-refractivity contribution is -0.221. The van der Waals surface area contributed by atoms with Crippen LogP contribution in [-0.2, 0) is 9.53 Å². The van der Waals surface area contributed by atoms with Crippen molar-refractivity contribution in [3.05, 3.63) is 53.1 Å². The van der Waals surface area contributed by atoms with Crippen LogP contribution in [0.2, 0.25) is 5.02 Å². The number of carbonyl (C=O) groups is 1. The Bertz CT molecular complexity index is 856. The Morgan fingerprint density at radius 3 is 2.36 bits per heavy atom. The average molecular weight is 366 g/mol. The van der Waals surface area contributed by atoms with Gasteiger partial charge in [0, 0.05) is 16.6 Å². The highest BCUT2D eigenvalue weighted by Gasteiger charge is 2.45. The second kappa shape index (κ2) is 6.43. The summed E-state index contributed by atoms with van der Waals surface area (Å²) in [7, 11) is 0. The van der Waals surface area contributed by atoms with E-state index in [0.29, 0.717) is 0 Å². The van der Waals surface area contributed by atoms with E-state index in [1.54, 1.807) is 0 Å². The maximum atomic E-state index is 12.9. The number of terminal acetylenes is 1. The van der Waals surface area contributed by atoms with E-state index in [2.05, 4.69) is 29.0 Å². The summed E-state index contributed by atoms with van der Waals surface area (Å²) < 4.78 is 43.4. The van der Waals surface area contributed by atoms with Gasteiger partial charge in [0.05, 0.1) is 5.69 Å². The molecule has 0 bridgehead atoms. The minimum absolute atomic E-state index is 0.0447. The molecular formula is C18H11ClF3NO2. The third-order valence-electron chi connectivity index (χ3n) is 3.67. The third-order valence-corrected chi connectivity index (χ3v) is 3.91. The number of hydrogen-bond donors (Lipinski definition) is 0. The van der Waals surface area contributed by atoms with Crippen LogP contribution in [0.4, 0.5) is 18.9 Å². The molecule has 0 saturated heterocycles. The molecule has 1 aromatic carbocycles. The molecule has 1 aromatic rings. The first-order chi connectivity index (χ1) is 11.8. The Kier molecular flexibility index (Phi) is 4.46. The van der Waals surface area contributed by atoms with Gasteiger partial charge in [0.25, 0.3) is 5.91 Å². The van der Waals surface area contributed by atoms with Crippen molar-refractivity contribution in [1.29, 1.82) is 0 Å². The van der Waals surface area contributed by atoms with Gasteiger partial charge >= 0.3 is 6.18 Å². The predicted octanol–water partition coefficient (Wildman–Crippen LogP) is 4.56. The summed E-state index contributed by atoms with van der Waals surface area (Å²) in [6, 6.07) is 14.2. The Morgan fingerprint density at radius 2 is 1.88 bits per heavy atom. The number of nitrogens with zero attached hydrogens (tertiary/aromatic N) is 1. The van der Waals surface area contributed by atoms with Gasteiger partial charge in [0.1, 0.15) is 6.61 Å². The van der Waals surface area contributed by atoms with Crippen LogP contribution < -0.4 is 4.90 Å². The van der Waals surface area contributed by atoms with Gasteiger partial charge in [-0.3, -0.25) is 4.79 Å². The lowest BCUT2D eigenvalue weighted by Gasteiger charge is -2.21. The molecule has 1 atom stereocenters. The van der Waals surface area contributed by atoms with Crippen LogP contribution in [0.1, 0.15) is 11.7 Å². The maximum Gasteiger partial charge on any atom is 0.418 e. The number of carbonyl (C=O) groups excluding carboxylic acids is 1. The minimum Gasteiger partial charge on any atom is -0.354 e. The van der Waals surface area contributed by atoms with Crippen LogP contribution in [0, 0.1) is 12.5 Å². The molecule has 1 amide bonds. The van der Waals surface area contributed by atoms with Gasteiger partial charge in [-0.2, -0.15) is 13.2 Å². The Labute approximate surface area is 147 Å². The van der Waals surface area contributed by atoms with Gasteiger partial charge in [-0.1, -0.05) is 36.2 Å². The number of ether oxygens (including phenoxy) is 1. The fourth-order valence-corrected chi connectivity index (χ4v) is 2.65. The van der Waals surface area contributed by atoms with E-state index < -0.39 is 24.8 Å². The number of benzene rings is 2. The molecule has 0 N–H and O–H groups in total. The molecule has 1 aliphatic heterocycles. The second-order valence-electron chi connectivity index (χ2n) is 5.37. The smallest absolute Gasteiger partial charge is 0.354 e. The van der Waals surface area contributed by atoms with E-state index in [9.17, 15) is 18.0 Å². The summed E-state index contributed by atoms with van der Waals surface area (Å²) >= 11 is 5.69. The van der Waals surface area contributed by atoms with Crippen LogP contribution in [0.5, 0.6) is 0 Å². The van der Waals surface area contributed by atoms with Crippen LogP contribution in [0.15, 0.2) is 42.5 Å². The number of rotatable bonds is 0. The standard InChI is InChI=1S/C12H7ClF3NO2.C6H4/c1-2-17-9-4-3-7(13)5-8(9)11(12(14,15)16)19-6-10(17)18;1-2-5-4-6(5)3-1/h1,3-5,11H,6H2;1-4H. The fourth-order valence-electron chi connectivity index (χ4n) is 2.47. The third kappa shape index (κ3) is 3.63. The van der Waals surface area contributed by atoms with Gasteiger partial charge in [-0.25, -0.2) is 4.90 Å². The summed E-state index contributed by atoms with van der Waals surface area (Å²) in [6.45, 7) is -0.749. The van der Waals surface area contributed by atoms with E-state index in [4.69, 9.17) is 18.0 Å². The van der Waals surface area contributed by atoms with E-state index in [1.807, 2.05) is 6.04 Å². The molecule has 3 nitrogen and oxygen atoms in total. The molecule has 0 radical (unpaired) electrons. The first-order valence-corrected chi connectivity index (χ1v) is 7.56. The molecule has 25 heavy (non-hydrogen) atoms. The number of amides is 1. The fraction of sp³-hybridized carbons (Fsp3) is 0.167. The molecular weight excluding hydrogens is 355 g/mol. The number of fused-ring (bicyclic) bond motifs is 2. The van der Waals surface area contributed by atoms with E-state index in [-0.39, 0.29) is 16.3 Å². The molecule has 128 valence electrons. The highest BCUT2D eigenvalue weighted by Crippen LogP contribution is 2.42. The quantitative estimate of drug-likeness (QED) is 0.546. The zero-order valence-corrected chi connectivity index (χ0v) is 13.4. The second-order valence-corrected chi connectivity index (χ2v) is 5.81. The topological polar surface area (TPSA) is 29.5 Å². The summed E-state index contributed by atoms with van der Waals surface area (Å²) in [5.41, 5.74) is 2.53. The predicted molar refractivity (Wildman–Crippen MR) is 88.0 cm³/mol. The normalized spacial score (nSPS) is 17.6. The summed E-state index contributed by atoms with van der Waals surface area (Å²) in [5.74, 6) is -0.738. The summed E-state index contributed by atoms with van der Waals surface area (Å²) in [4.78, 5) is 12.4. The molecule has 0 spiro atoms. The molecule has 1 unspecified atom stereocenters. The maximum absolute atomic E-state index is 12.9.